The SMILES string of the molecule is CCCNC(c1ccncc1F)c1sccc1OC. The van der Waals surface area contributed by atoms with Crippen LogP contribution in [0, 0.1) is 5.82 Å². The van der Waals surface area contributed by atoms with Gasteiger partial charge in [-0.05, 0) is 30.5 Å². The van der Waals surface area contributed by atoms with Gasteiger partial charge in [0.2, 0.25) is 0 Å². The Morgan fingerprint density at radius 3 is 3.00 bits per heavy atom. The van der Waals surface area contributed by atoms with Gasteiger partial charge in [0, 0.05) is 11.8 Å². The van der Waals surface area contributed by atoms with Gasteiger partial charge in [0.15, 0.2) is 0 Å². The Bertz CT molecular complexity index is 530. The van der Waals surface area contributed by atoms with E-state index in [2.05, 4.69) is 17.2 Å². The zero-order chi connectivity index (χ0) is 13.7. The molecule has 1 N–H and O–H groups in total. The number of aromatic nitrogens is 1. The van der Waals surface area contributed by atoms with Crippen molar-refractivity contribution in [3.05, 3.63) is 46.2 Å². The Balaban J connectivity index is 2.39. The Morgan fingerprint density at radius 2 is 2.32 bits per heavy atom. The molecule has 0 aliphatic rings. The molecule has 19 heavy (non-hydrogen) atoms. The first-order chi connectivity index (χ1) is 9.27. The number of nitrogens with one attached hydrogen (secondary N) is 1. The smallest absolute Gasteiger partial charge is 0.146 e. The zero-order valence-corrected chi connectivity index (χ0v) is 11.8. The van der Waals surface area contributed by atoms with E-state index in [9.17, 15) is 4.39 Å². The highest BCUT2D eigenvalue weighted by Gasteiger charge is 2.21. The van der Waals surface area contributed by atoms with Crippen LogP contribution in [-0.2, 0) is 0 Å². The van der Waals surface area contributed by atoms with Crippen molar-refractivity contribution in [1.82, 2.24) is 10.3 Å². The highest BCUT2D eigenvalue weighted by Crippen LogP contribution is 2.35. The normalized spacial score (nSPS) is 12.4. The average molecular weight is 280 g/mol. The largest absolute Gasteiger partial charge is 0.496 e. The molecule has 0 bridgehead atoms. The van der Waals surface area contributed by atoms with Gasteiger partial charge in [0.1, 0.15) is 11.6 Å². The van der Waals surface area contributed by atoms with Crippen molar-refractivity contribution < 1.29 is 9.13 Å². The van der Waals surface area contributed by atoms with Crippen LogP contribution in [0.3, 0.4) is 0 Å². The molecular weight excluding hydrogens is 263 g/mol. The maximum Gasteiger partial charge on any atom is 0.146 e. The molecule has 2 aromatic rings. The molecule has 1 unspecified atom stereocenters. The van der Waals surface area contributed by atoms with E-state index in [4.69, 9.17) is 4.74 Å². The third kappa shape index (κ3) is 3.11. The van der Waals surface area contributed by atoms with Gasteiger partial charge in [-0.3, -0.25) is 4.98 Å². The molecule has 3 nitrogen and oxygen atoms in total. The molecule has 0 amide bonds. The molecule has 2 aromatic heterocycles. The minimum Gasteiger partial charge on any atom is -0.496 e. The summed E-state index contributed by atoms with van der Waals surface area (Å²) in [6, 6.07) is 3.42. The molecule has 102 valence electrons. The molecule has 0 saturated carbocycles. The van der Waals surface area contributed by atoms with Crippen LogP contribution in [0.5, 0.6) is 5.75 Å². The molecule has 0 spiro atoms. The van der Waals surface area contributed by atoms with Crippen LogP contribution in [0.4, 0.5) is 4.39 Å². The summed E-state index contributed by atoms with van der Waals surface area (Å²) in [6.07, 6.45) is 3.84. The second-order valence-corrected chi connectivity index (χ2v) is 5.09. The van der Waals surface area contributed by atoms with Crippen molar-refractivity contribution in [3.8, 4) is 5.75 Å². The quantitative estimate of drug-likeness (QED) is 0.881. The van der Waals surface area contributed by atoms with Crippen LogP contribution in [0.15, 0.2) is 29.9 Å². The maximum absolute atomic E-state index is 14.0. The fourth-order valence-electron chi connectivity index (χ4n) is 1.94. The molecule has 5 heteroatoms. The predicted octanol–water partition coefficient (Wildman–Crippen LogP) is 3.38. The van der Waals surface area contributed by atoms with Crippen molar-refractivity contribution in [1.29, 1.82) is 0 Å². The lowest BCUT2D eigenvalue weighted by Crippen LogP contribution is -2.23. The Kier molecular flexibility index (Phi) is 4.87. The summed E-state index contributed by atoms with van der Waals surface area (Å²) in [5, 5.41) is 5.32. The number of hydrogen-bond donors (Lipinski definition) is 1. The lowest BCUT2D eigenvalue weighted by atomic mass is 10.1. The highest BCUT2D eigenvalue weighted by molar-refractivity contribution is 7.10. The van der Waals surface area contributed by atoms with Gasteiger partial charge in [0.05, 0.1) is 24.2 Å². The van der Waals surface area contributed by atoms with E-state index in [0.29, 0.717) is 5.56 Å². The molecule has 0 saturated heterocycles. The average Bonchev–Trinajstić information content (AvgIpc) is 2.89. The summed E-state index contributed by atoms with van der Waals surface area (Å²) in [6.45, 7) is 2.89. The van der Waals surface area contributed by atoms with E-state index in [0.717, 1.165) is 23.6 Å². The maximum atomic E-state index is 14.0. The van der Waals surface area contributed by atoms with Crippen LogP contribution in [-0.4, -0.2) is 18.6 Å². The summed E-state index contributed by atoms with van der Waals surface area (Å²) in [4.78, 5) is 4.79. The lowest BCUT2D eigenvalue weighted by molar-refractivity contribution is 0.406. The van der Waals surface area contributed by atoms with Gasteiger partial charge in [-0.2, -0.15) is 0 Å². The molecule has 2 heterocycles. The fraction of sp³-hybridized carbons (Fsp3) is 0.357. The van der Waals surface area contributed by atoms with Gasteiger partial charge >= 0.3 is 0 Å². The Morgan fingerprint density at radius 1 is 1.47 bits per heavy atom. The van der Waals surface area contributed by atoms with Crippen LogP contribution in [0.1, 0.15) is 29.8 Å². The van der Waals surface area contributed by atoms with E-state index < -0.39 is 0 Å². The molecule has 2 rings (SSSR count). The first-order valence-electron chi connectivity index (χ1n) is 6.22. The van der Waals surface area contributed by atoms with E-state index in [1.54, 1.807) is 30.7 Å². The van der Waals surface area contributed by atoms with E-state index in [1.807, 2.05) is 11.4 Å². The molecule has 0 aromatic carbocycles. The molecular formula is C14H17FN2OS. The van der Waals surface area contributed by atoms with E-state index >= 15 is 0 Å². The summed E-state index contributed by atoms with van der Waals surface area (Å²) in [7, 11) is 1.63. The highest BCUT2D eigenvalue weighted by atomic mass is 32.1. The summed E-state index contributed by atoms with van der Waals surface area (Å²) in [5.41, 5.74) is 0.601. The molecule has 0 aliphatic carbocycles. The lowest BCUT2D eigenvalue weighted by Gasteiger charge is -2.19. The minimum atomic E-state index is -0.299. The van der Waals surface area contributed by atoms with Crippen LogP contribution >= 0.6 is 11.3 Å². The van der Waals surface area contributed by atoms with Crippen molar-refractivity contribution in [2.45, 2.75) is 19.4 Å². The van der Waals surface area contributed by atoms with Crippen molar-refractivity contribution in [3.63, 3.8) is 0 Å². The number of rotatable bonds is 6. The van der Waals surface area contributed by atoms with Crippen LogP contribution in [0.25, 0.3) is 0 Å². The van der Waals surface area contributed by atoms with Gasteiger partial charge in [-0.15, -0.1) is 11.3 Å². The fourth-order valence-corrected chi connectivity index (χ4v) is 2.89. The number of thiophene rings is 1. The standard InChI is InChI=1S/C14H17FN2OS/c1-3-6-17-13(10-4-7-16-9-11(10)15)14-12(18-2)5-8-19-14/h4-5,7-9,13,17H,3,6H2,1-2H3. The van der Waals surface area contributed by atoms with Gasteiger partial charge in [0.25, 0.3) is 0 Å². The van der Waals surface area contributed by atoms with Crippen molar-refractivity contribution in [2.75, 3.05) is 13.7 Å². The third-order valence-electron chi connectivity index (χ3n) is 2.85. The molecule has 0 aliphatic heterocycles. The monoisotopic (exact) mass is 280 g/mol. The topological polar surface area (TPSA) is 34.2 Å². The van der Waals surface area contributed by atoms with Crippen LogP contribution in [0.2, 0.25) is 0 Å². The number of methoxy groups -OCH3 is 1. The second-order valence-electron chi connectivity index (χ2n) is 4.14. The second kappa shape index (κ2) is 6.63. The van der Waals surface area contributed by atoms with E-state index in [-0.39, 0.29) is 11.9 Å². The first-order valence-corrected chi connectivity index (χ1v) is 7.10. The number of ether oxygens (including phenoxy) is 1. The first kappa shape index (κ1) is 14.0. The molecule has 0 radical (unpaired) electrons. The predicted molar refractivity (Wildman–Crippen MR) is 75.2 cm³/mol. The Labute approximate surface area is 116 Å². The van der Waals surface area contributed by atoms with Gasteiger partial charge in [-0.1, -0.05) is 6.92 Å². The number of nitrogens with zero attached hydrogens (tertiary/aromatic N) is 1. The molecule has 1 atom stereocenters. The summed E-state index contributed by atoms with van der Waals surface area (Å²) < 4.78 is 19.3. The summed E-state index contributed by atoms with van der Waals surface area (Å²) >= 11 is 1.56. The Hall–Kier alpha value is -1.46. The third-order valence-corrected chi connectivity index (χ3v) is 3.82. The zero-order valence-electron chi connectivity index (χ0n) is 11.0. The van der Waals surface area contributed by atoms with Gasteiger partial charge < -0.3 is 10.1 Å². The summed E-state index contributed by atoms with van der Waals surface area (Å²) in [5.74, 6) is 0.487. The number of hydrogen-bond acceptors (Lipinski definition) is 4. The van der Waals surface area contributed by atoms with E-state index in [1.165, 1.54) is 6.20 Å². The van der Waals surface area contributed by atoms with Gasteiger partial charge in [-0.25, -0.2) is 4.39 Å². The van der Waals surface area contributed by atoms with Crippen molar-refractivity contribution >= 4 is 11.3 Å². The van der Waals surface area contributed by atoms with Crippen LogP contribution < -0.4 is 10.1 Å². The van der Waals surface area contributed by atoms with Crippen molar-refractivity contribution in [2.24, 2.45) is 0 Å². The minimum absolute atomic E-state index is 0.196. The number of pyridine rings is 1. The number of halogens is 1. The molecule has 0 fully saturated rings.